The number of rotatable bonds is 4. The minimum Gasteiger partial charge on any atom is -0.497 e. The second-order valence-corrected chi connectivity index (χ2v) is 5.48. The van der Waals surface area contributed by atoms with E-state index < -0.39 is 0 Å². The van der Waals surface area contributed by atoms with E-state index in [1.807, 2.05) is 24.3 Å². The predicted molar refractivity (Wildman–Crippen MR) is 83.1 cm³/mol. The molecule has 0 bridgehead atoms. The van der Waals surface area contributed by atoms with Crippen molar-refractivity contribution in [2.45, 2.75) is 13.3 Å². The summed E-state index contributed by atoms with van der Waals surface area (Å²) in [6.45, 7) is 2.15. The van der Waals surface area contributed by atoms with Gasteiger partial charge in [0.15, 0.2) is 0 Å². The summed E-state index contributed by atoms with van der Waals surface area (Å²) in [5.41, 5.74) is 0.982. The van der Waals surface area contributed by atoms with Crippen molar-refractivity contribution < 1.29 is 4.74 Å². The van der Waals surface area contributed by atoms with Crippen LogP contribution in [0.3, 0.4) is 0 Å². The average Bonchev–Trinajstić information content (AvgIpc) is 2.92. The summed E-state index contributed by atoms with van der Waals surface area (Å²) in [6, 6.07) is 9.95. The van der Waals surface area contributed by atoms with E-state index in [1.54, 1.807) is 24.8 Å². The maximum atomic E-state index is 5.16. The molecule has 0 amide bonds. The van der Waals surface area contributed by atoms with E-state index in [0.717, 1.165) is 33.9 Å². The van der Waals surface area contributed by atoms with Crippen molar-refractivity contribution in [1.29, 1.82) is 0 Å². The van der Waals surface area contributed by atoms with Gasteiger partial charge in [0.2, 0.25) is 0 Å². The lowest BCUT2D eigenvalue weighted by molar-refractivity contribution is 0.415. The summed E-state index contributed by atoms with van der Waals surface area (Å²) >= 11 is 1.72. The molecule has 1 aromatic carbocycles. The molecule has 4 nitrogen and oxygen atoms in total. The normalized spacial score (nSPS) is 10.7. The molecule has 2 aromatic heterocycles. The van der Waals surface area contributed by atoms with E-state index >= 15 is 0 Å². The fourth-order valence-corrected chi connectivity index (χ4v) is 2.93. The molecule has 102 valence electrons. The van der Waals surface area contributed by atoms with Crippen LogP contribution in [0, 0.1) is 0 Å². The molecule has 1 N–H and O–H groups in total. The Balaban J connectivity index is 1.94. The van der Waals surface area contributed by atoms with Crippen LogP contribution in [0.2, 0.25) is 0 Å². The number of aryl methyl sites for hydroxylation is 1. The van der Waals surface area contributed by atoms with E-state index in [2.05, 4.69) is 28.3 Å². The van der Waals surface area contributed by atoms with Gasteiger partial charge in [0, 0.05) is 10.6 Å². The first-order valence-corrected chi connectivity index (χ1v) is 7.26. The maximum Gasteiger partial charge on any atom is 0.142 e. The van der Waals surface area contributed by atoms with Gasteiger partial charge >= 0.3 is 0 Å². The number of ether oxygens (including phenoxy) is 1. The molecular formula is C15H15N3OS. The van der Waals surface area contributed by atoms with Crippen LogP contribution in [0.1, 0.15) is 11.8 Å². The quantitative estimate of drug-likeness (QED) is 0.787. The minimum absolute atomic E-state index is 0.840. The first-order chi connectivity index (χ1) is 9.80. The zero-order valence-electron chi connectivity index (χ0n) is 11.4. The summed E-state index contributed by atoms with van der Waals surface area (Å²) in [7, 11) is 1.66. The highest BCUT2D eigenvalue weighted by atomic mass is 32.1. The summed E-state index contributed by atoms with van der Waals surface area (Å²) in [5, 5.41) is 4.41. The largest absolute Gasteiger partial charge is 0.497 e. The number of nitrogens with one attached hydrogen (secondary N) is 1. The van der Waals surface area contributed by atoms with Gasteiger partial charge in [-0.05, 0) is 36.8 Å². The molecule has 0 aliphatic rings. The van der Waals surface area contributed by atoms with E-state index in [4.69, 9.17) is 4.74 Å². The van der Waals surface area contributed by atoms with Gasteiger partial charge in [-0.1, -0.05) is 6.92 Å². The van der Waals surface area contributed by atoms with Crippen LogP contribution in [0.4, 0.5) is 11.5 Å². The lowest BCUT2D eigenvalue weighted by Crippen LogP contribution is -1.94. The molecule has 0 radical (unpaired) electrons. The van der Waals surface area contributed by atoms with Crippen LogP contribution in [0.25, 0.3) is 10.2 Å². The van der Waals surface area contributed by atoms with Gasteiger partial charge in [0.25, 0.3) is 0 Å². The smallest absolute Gasteiger partial charge is 0.142 e. The van der Waals surface area contributed by atoms with Crippen molar-refractivity contribution in [3.63, 3.8) is 0 Å². The Morgan fingerprint density at radius 3 is 2.70 bits per heavy atom. The lowest BCUT2D eigenvalue weighted by atomic mass is 10.2. The molecule has 0 aliphatic heterocycles. The van der Waals surface area contributed by atoms with Crippen LogP contribution in [0.15, 0.2) is 36.7 Å². The molecule has 0 aliphatic carbocycles. The third-order valence-corrected chi connectivity index (χ3v) is 4.27. The second-order valence-electron chi connectivity index (χ2n) is 4.36. The number of hydrogen-bond donors (Lipinski definition) is 1. The van der Waals surface area contributed by atoms with Crippen LogP contribution in [0.5, 0.6) is 5.75 Å². The molecule has 3 aromatic rings. The molecule has 3 rings (SSSR count). The van der Waals surface area contributed by atoms with Gasteiger partial charge in [-0.25, -0.2) is 9.97 Å². The number of benzene rings is 1. The first kappa shape index (κ1) is 12.9. The fourth-order valence-electron chi connectivity index (χ4n) is 1.99. The fraction of sp³-hybridized carbons (Fsp3) is 0.200. The van der Waals surface area contributed by atoms with Crippen molar-refractivity contribution in [2.24, 2.45) is 0 Å². The van der Waals surface area contributed by atoms with Crippen molar-refractivity contribution in [1.82, 2.24) is 9.97 Å². The van der Waals surface area contributed by atoms with Crippen LogP contribution >= 0.6 is 11.3 Å². The third kappa shape index (κ3) is 2.44. The van der Waals surface area contributed by atoms with E-state index in [1.165, 1.54) is 4.88 Å². The lowest BCUT2D eigenvalue weighted by Gasteiger charge is -2.07. The number of thiophene rings is 1. The second kappa shape index (κ2) is 5.46. The van der Waals surface area contributed by atoms with Gasteiger partial charge in [-0.3, -0.25) is 0 Å². The minimum atomic E-state index is 0.840. The van der Waals surface area contributed by atoms with Gasteiger partial charge in [-0.15, -0.1) is 11.3 Å². The summed E-state index contributed by atoms with van der Waals surface area (Å²) < 4.78 is 5.16. The molecule has 20 heavy (non-hydrogen) atoms. The van der Waals surface area contributed by atoms with Crippen LogP contribution in [-0.2, 0) is 6.42 Å². The number of nitrogens with zero attached hydrogens (tertiary/aromatic N) is 2. The van der Waals surface area contributed by atoms with Crippen LogP contribution in [-0.4, -0.2) is 17.1 Å². The Morgan fingerprint density at radius 1 is 1.20 bits per heavy atom. The third-order valence-electron chi connectivity index (χ3n) is 3.08. The molecule has 0 saturated heterocycles. The van der Waals surface area contributed by atoms with Crippen molar-refractivity contribution in [3.05, 3.63) is 41.5 Å². The standard InChI is InChI=1S/C15H15N3OS/c1-3-12-8-13-14(16-9-17-15(13)20-12)18-10-4-6-11(19-2)7-5-10/h4-9H,3H2,1-2H3,(H,16,17,18). The van der Waals surface area contributed by atoms with E-state index in [9.17, 15) is 0 Å². The molecule has 0 atom stereocenters. The zero-order chi connectivity index (χ0) is 13.9. The van der Waals surface area contributed by atoms with E-state index in [-0.39, 0.29) is 0 Å². The maximum absolute atomic E-state index is 5.16. The molecule has 2 heterocycles. The first-order valence-electron chi connectivity index (χ1n) is 6.44. The van der Waals surface area contributed by atoms with Crippen molar-refractivity contribution in [3.8, 4) is 5.75 Å². The summed E-state index contributed by atoms with van der Waals surface area (Å²) in [4.78, 5) is 11.0. The highest BCUT2D eigenvalue weighted by Gasteiger charge is 2.08. The monoisotopic (exact) mass is 285 g/mol. The highest BCUT2D eigenvalue weighted by molar-refractivity contribution is 7.18. The number of methoxy groups -OCH3 is 1. The SMILES string of the molecule is CCc1cc2c(Nc3ccc(OC)cc3)ncnc2s1. The van der Waals surface area contributed by atoms with Gasteiger partial charge in [-0.2, -0.15) is 0 Å². The number of hydrogen-bond acceptors (Lipinski definition) is 5. The number of aromatic nitrogens is 2. The Morgan fingerprint density at radius 2 is 2.00 bits per heavy atom. The van der Waals surface area contributed by atoms with Gasteiger partial charge < -0.3 is 10.1 Å². The predicted octanol–water partition coefficient (Wildman–Crippen LogP) is 4.01. The average molecular weight is 285 g/mol. The summed E-state index contributed by atoms with van der Waals surface area (Å²) in [6.07, 6.45) is 2.62. The molecule has 0 spiro atoms. The molecule has 0 fully saturated rings. The molecule has 0 saturated carbocycles. The number of anilines is 2. The molecule has 0 unspecified atom stereocenters. The summed E-state index contributed by atoms with van der Waals surface area (Å²) in [5.74, 6) is 1.68. The highest BCUT2D eigenvalue weighted by Crippen LogP contribution is 2.30. The Labute approximate surface area is 121 Å². The van der Waals surface area contributed by atoms with Crippen molar-refractivity contribution in [2.75, 3.05) is 12.4 Å². The van der Waals surface area contributed by atoms with Crippen molar-refractivity contribution >= 4 is 33.1 Å². The number of fused-ring (bicyclic) bond motifs is 1. The van der Waals surface area contributed by atoms with Crippen LogP contribution < -0.4 is 10.1 Å². The topological polar surface area (TPSA) is 47.0 Å². The molecule has 5 heteroatoms. The zero-order valence-corrected chi connectivity index (χ0v) is 12.2. The molecular weight excluding hydrogens is 270 g/mol. The van der Waals surface area contributed by atoms with E-state index in [0.29, 0.717) is 0 Å². The Bertz CT molecular complexity index is 722. The van der Waals surface area contributed by atoms with Gasteiger partial charge in [0.05, 0.1) is 12.5 Å². The van der Waals surface area contributed by atoms with Gasteiger partial charge in [0.1, 0.15) is 22.7 Å². The Kier molecular flexibility index (Phi) is 3.52. The Hall–Kier alpha value is -2.14.